The summed E-state index contributed by atoms with van der Waals surface area (Å²) >= 11 is 0. The van der Waals surface area contributed by atoms with Crippen molar-refractivity contribution >= 4 is 0 Å². The van der Waals surface area contributed by atoms with Gasteiger partial charge in [0, 0.05) is 12.6 Å². The Morgan fingerprint density at radius 2 is 1.85 bits per heavy atom. The van der Waals surface area contributed by atoms with Crippen LogP contribution in [0.25, 0.3) is 0 Å². The molecule has 0 amide bonds. The maximum atomic E-state index is 6.14. The van der Waals surface area contributed by atoms with Gasteiger partial charge in [0.2, 0.25) is 0 Å². The molecule has 2 nitrogen and oxygen atoms in total. The van der Waals surface area contributed by atoms with Crippen molar-refractivity contribution in [2.75, 3.05) is 13.2 Å². The molecule has 0 aromatic rings. The Hall–Kier alpha value is -0.0800. The number of rotatable bonds is 6. The molecule has 2 aliphatic carbocycles. The zero-order valence-corrected chi connectivity index (χ0v) is 13.9. The van der Waals surface area contributed by atoms with Gasteiger partial charge in [0.1, 0.15) is 0 Å². The molecule has 0 bridgehead atoms. The first kappa shape index (κ1) is 16.3. The smallest absolute Gasteiger partial charge is 0.0582 e. The van der Waals surface area contributed by atoms with E-state index in [1.807, 2.05) is 0 Å². The molecular weight excluding hydrogens is 246 g/mol. The van der Waals surface area contributed by atoms with Gasteiger partial charge in [-0.05, 0) is 56.4 Å². The fourth-order valence-corrected chi connectivity index (χ4v) is 4.32. The SMILES string of the molecule is CC1CC(OCCCNC2CCCCC2)CC(C)(C)C1. The lowest BCUT2D eigenvalue weighted by Crippen LogP contribution is -2.34. The quantitative estimate of drug-likeness (QED) is 0.722. The van der Waals surface area contributed by atoms with Crippen LogP contribution < -0.4 is 5.32 Å². The molecule has 2 atom stereocenters. The van der Waals surface area contributed by atoms with Gasteiger partial charge in [-0.15, -0.1) is 0 Å². The van der Waals surface area contributed by atoms with Crippen LogP contribution in [-0.2, 0) is 4.74 Å². The van der Waals surface area contributed by atoms with Gasteiger partial charge in [0.15, 0.2) is 0 Å². The van der Waals surface area contributed by atoms with Gasteiger partial charge in [0.25, 0.3) is 0 Å². The van der Waals surface area contributed by atoms with Gasteiger partial charge < -0.3 is 10.1 Å². The first-order valence-corrected chi connectivity index (χ1v) is 8.90. The highest BCUT2D eigenvalue weighted by Gasteiger charge is 2.32. The second kappa shape index (κ2) is 7.79. The Morgan fingerprint density at radius 3 is 2.55 bits per heavy atom. The van der Waals surface area contributed by atoms with Crippen molar-refractivity contribution in [2.24, 2.45) is 11.3 Å². The Labute approximate surface area is 126 Å². The summed E-state index contributed by atoms with van der Waals surface area (Å²) in [5, 5.41) is 3.70. The highest BCUT2D eigenvalue weighted by atomic mass is 16.5. The van der Waals surface area contributed by atoms with Crippen LogP contribution in [0.5, 0.6) is 0 Å². The monoisotopic (exact) mass is 281 g/mol. The van der Waals surface area contributed by atoms with Crippen molar-refractivity contribution in [1.29, 1.82) is 0 Å². The average Bonchev–Trinajstić information content (AvgIpc) is 2.37. The summed E-state index contributed by atoms with van der Waals surface area (Å²) < 4.78 is 6.14. The highest BCUT2D eigenvalue weighted by Crippen LogP contribution is 2.39. The van der Waals surface area contributed by atoms with E-state index >= 15 is 0 Å². The number of nitrogens with one attached hydrogen (secondary N) is 1. The lowest BCUT2D eigenvalue weighted by molar-refractivity contribution is -0.0235. The van der Waals surface area contributed by atoms with E-state index in [9.17, 15) is 0 Å². The summed E-state index contributed by atoms with van der Waals surface area (Å²) in [7, 11) is 0. The molecule has 0 aromatic carbocycles. The molecule has 1 N–H and O–H groups in total. The van der Waals surface area contributed by atoms with Crippen LogP contribution in [0.2, 0.25) is 0 Å². The summed E-state index contributed by atoms with van der Waals surface area (Å²) in [4.78, 5) is 0. The molecular formula is C18H35NO. The highest BCUT2D eigenvalue weighted by molar-refractivity contribution is 4.83. The van der Waals surface area contributed by atoms with Crippen LogP contribution in [0.15, 0.2) is 0 Å². The number of ether oxygens (including phenoxy) is 1. The Balaban J connectivity index is 1.54. The Morgan fingerprint density at radius 1 is 1.10 bits per heavy atom. The van der Waals surface area contributed by atoms with E-state index in [0.29, 0.717) is 11.5 Å². The largest absolute Gasteiger partial charge is 0.378 e. The van der Waals surface area contributed by atoms with E-state index in [4.69, 9.17) is 4.74 Å². The molecule has 2 rings (SSSR count). The number of hydrogen-bond donors (Lipinski definition) is 1. The van der Waals surface area contributed by atoms with E-state index in [2.05, 4.69) is 26.1 Å². The van der Waals surface area contributed by atoms with Gasteiger partial charge in [0.05, 0.1) is 6.10 Å². The van der Waals surface area contributed by atoms with Crippen molar-refractivity contribution in [3.05, 3.63) is 0 Å². The summed E-state index contributed by atoms with van der Waals surface area (Å²) in [5.74, 6) is 0.823. The molecule has 2 aliphatic rings. The molecule has 0 heterocycles. The van der Waals surface area contributed by atoms with Gasteiger partial charge in [-0.25, -0.2) is 0 Å². The zero-order chi connectivity index (χ0) is 14.4. The second-order valence-electron chi connectivity index (χ2n) is 8.05. The molecule has 2 saturated carbocycles. The fraction of sp³-hybridized carbons (Fsp3) is 1.00. The van der Waals surface area contributed by atoms with Crippen molar-refractivity contribution in [3.63, 3.8) is 0 Å². The minimum absolute atomic E-state index is 0.475. The first-order valence-electron chi connectivity index (χ1n) is 8.90. The van der Waals surface area contributed by atoms with E-state index < -0.39 is 0 Å². The molecule has 0 aliphatic heterocycles. The summed E-state index contributed by atoms with van der Waals surface area (Å²) in [5.41, 5.74) is 0.475. The van der Waals surface area contributed by atoms with Crippen molar-refractivity contribution < 1.29 is 4.74 Å². The van der Waals surface area contributed by atoms with Crippen molar-refractivity contribution in [2.45, 2.75) is 90.7 Å². The molecule has 2 heteroatoms. The minimum atomic E-state index is 0.475. The van der Waals surface area contributed by atoms with Crippen LogP contribution in [0.3, 0.4) is 0 Å². The Kier molecular flexibility index (Phi) is 6.35. The third-order valence-corrected chi connectivity index (χ3v) is 5.06. The van der Waals surface area contributed by atoms with Gasteiger partial charge in [-0.1, -0.05) is 40.0 Å². The normalized spacial score (nSPS) is 31.4. The van der Waals surface area contributed by atoms with Gasteiger partial charge in [-0.3, -0.25) is 0 Å². The molecule has 0 radical (unpaired) electrons. The molecule has 20 heavy (non-hydrogen) atoms. The summed E-state index contributed by atoms with van der Waals surface area (Å²) in [6.07, 6.45) is 12.6. The summed E-state index contributed by atoms with van der Waals surface area (Å²) in [6.45, 7) is 9.23. The van der Waals surface area contributed by atoms with Crippen molar-refractivity contribution in [3.8, 4) is 0 Å². The number of hydrogen-bond acceptors (Lipinski definition) is 2. The van der Waals surface area contributed by atoms with Crippen LogP contribution >= 0.6 is 0 Å². The van der Waals surface area contributed by atoms with E-state index in [0.717, 1.165) is 25.1 Å². The molecule has 0 spiro atoms. The first-order chi connectivity index (χ1) is 9.55. The van der Waals surface area contributed by atoms with Gasteiger partial charge in [-0.2, -0.15) is 0 Å². The summed E-state index contributed by atoms with van der Waals surface area (Å²) in [6, 6.07) is 0.789. The topological polar surface area (TPSA) is 21.3 Å². The lowest BCUT2D eigenvalue weighted by atomic mass is 9.71. The fourth-order valence-electron chi connectivity index (χ4n) is 4.32. The van der Waals surface area contributed by atoms with Gasteiger partial charge >= 0.3 is 0 Å². The van der Waals surface area contributed by atoms with Crippen LogP contribution in [-0.4, -0.2) is 25.3 Å². The van der Waals surface area contributed by atoms with Crippen molar-refractivity contribution in [1.82, 2.24) is 5.32 Å². The molecule has 0 saturated heterocycles. The van der Waals surface area contributed by atoms with Crippen LogP contribution in [0, 0.1) is 11.3 Å². The predicted molar refractivity (Wildman–Crippen MR) is 86.0 cm³/mol. The minimum Gasteiger partial charge on any atom is -0.378 e. The standard InChI is InChI=1S/C18H35NO/c1-15-12-17(14-18(2,3)13-15)20-11-7-10-19-16-8-5-4-6-9-16/h15-17,19H,4-14H2,1-3H3. The van der Waals surface area contributed by atoms with E-state index in [1.54, 1.807) is 0 Å². The molecule has 118 valence electrons. The van der Waals surface area contributed by atoms with E-state index in [-0.39, 0.29) is 0 Å². The maximum Gasteiger partial charge on any atom is 0.0582 e. The lowest BCUT2D eigenvalue weighted by Gasteiger charge is -2.38. The van der Waals surface area contributed by atoms with E-state index in [1.165, 1.54) is 57.8 Å². The third-order valence-electron chi connectivity index (χ3n) is 5.06. The van der Waals surface area contributed by atoms with Crippen LogP contribution in [0.1, 0.15) is 78.6 Å². The molecule has 2 fully saturated rings. The second-order valence-corrected chi connectivity index (χ2v) is 8.05. The molecule has 2 unspecified atom stereocenters. The average molecular weight is 281 g/mol. The Bertz CT molecular complexity index is 271. The molecule has 0 aromatic heterocycles. The predicted octanol–water partition coefficient (Wildman–Crippen LogP) is 4.53. The third kappa shape index (κ3) is 5.73. The van der Waals surface area contributed by atoms with Crippen LogP contribution in [0.4, 0.5) is 0 Å². The zero-order valence-electron chi connectivity index (χ0n) is 13.9. The maximum absolute atomic E-state index is 6.14.